The lowest BCUT2D eigenvalue weighted by atomic mass is 9.93. The van der Waals surface area contributed by atoms with Crippen LogP contribution in [0.15, 0.2) is 41.3 Å². The first kappa shape index (κ1) is 22.6. The molecule has 1 aliphatic carbocycles. The molecule has 8 heteroatoms. The van der Waals surface area contributed by atoms with Crippen molar-refractivity contribution in [3.63, 3.8) is 0 Å². The van der Waals surface area contributed by atoms with E-state index in [1.54, 1.807) is 25.1 Å². The van der Waals surface area contributed by atoms with E-state index < -0.39 is 21.9 Å². The van der Waals surface area contributed by atoms with Crippen LogP contribution in [0.2, 0.25) is 0 Å². The average molecular weight is 461 g/mol. The van der Waals surface area contributed by atoms with Gasteiger partial charge in [-0.25, -0.2) is 12.8 Å². The molecular formula is C24H29FN2O4S. The number of sulfonamides is 1. The number of rotatable bonds is 5. The molecule has 1 heterocycles. The van der Waals surface area contributed by atoms with Crippen LogP contribution in [-0.4, -0.2) is 31.4 Å². The van der Waals surface area contributed by atoms with Gasteiger partial charge in [-0.05, 0) is 62.1 Å². The number of nitrogens with zero attached hydrogens (tertiary/aromatic N) is 1. The Morgan fingerprint density at radius 3 is 2.56 bits per heavy atom. The minimum Gasteiger partial charge on any atom is -0.480 e. The van der Waals surface area contributed by atoms with Gasteiger partial charge in [0.15, 0.2) is 6.10 Å². The molecule has 1 atom stereocenters. The van der Waals surface area contributed by atoms with Crippen LogP contribution in [0.5, 0.6) is 5.75 Å². The fraction of sp³-hybridized carbons (Fsp3) is 0.458. The quantitative estimate of drug-likeness (QED) is 0.698. The summed E-state index contributed by atoms with van der Waals surface area (Å²) in [5.41, 5.74) is 1.48. The van der Waals surface area contributed by atoms with Gasteiger partial charge in [0.1, 0.15) is 11.6 Å². The molecule has 0 bridgehead atoms. The number of ether oxygens (including phenoxy) is 1. The third kappa shape index (κ3) is 4.60. The molecule has 2 aromatic carbocycles. The van der Waals surface area contributed by atoms with Crippen LogP contribution in [0.1, 0.15) is 56.6 Å². The third-order valence-electron chi connectivity index (χ3n) is 6.32. The van der Waals surface area contributed by atoms with Crippen molar-refractivity contribution in [1.29, 1.82) is 0 Å². The highest BCUT2D eigenvalue weighted by Crippen LogP contribution is 2.33. The van der Waals surface area contributed by atoms with E-state index in [4.69, 9.17) is 4.74 Å². The van der Waals surface area contributed by atoms with Gasteiger partial charge < -0.3 is 9.64 Å². The molecule has 2 aliphatic rings. The molecule has 0 aromatic heterocycles. The zero-order valence-corrected chi connectivity index (χ0v) is 19.3. The standard InChI is InChI=1S/C24H29FN2O4S/c1-3-22-24(28)27(19-7-5-4-6-8-19)15-17-13-18(10-12-23(17)31-22)26-32(29,30)20-11-9-16(2)21(25)14-20/h9-14,19,22,26H,3-8,15H2,1-2H3. The second-order valence-electron chi connectivity index (χ2n) is 8.61. The number of hydrogen-bond acceptors (Lipinski definition) is 4. The molecule has 32 heavy (non-hydrogen) atoms. The summed E-state index contributed by atoms with van der Waals surface area (Å²) in [6.07, 6.45) is 5.36. The van der Waals surface area contributed by atoms with Crippen LogP contribution in [0.3, 0.4) is 0 Å². The second-order valence-corrected chi connectivity index (χ2v) is 10.3. The van der Waals surface area contributed by atoms with E-state index in [9.17, 15) is 17.6 Å². The van der Waals surface area contributed by atoms with Crippen molar-refractivity contribution in [2.24, 2.45) is 0 Å². The van der Waals surface area contributed by atoms with Gasteiger partial charge in [0, 0.05) is 23.8 Å². The number of amides is 1. The van der Waals surface area contributed by atoms with Crippen molar-refractivity contribution in [1.82, 2.24) is 4.90 Å². The molecule has 1 fully saturated rings. The first-order valence-electron chi connectivity index (χ1n) is 11.2. The Hall–Kier alpha value is -2.61. The Labute approximate surface area is 188 Å². The lowest BCUT2D eigenvalue weighted by Gasteiger charge is -2.34. The first-order chi connectivity index (χ1) is 15.3. The van der Waals surface area contributed by atoms with E-state index >= 15 is 0 Å². The Bertz CT molecular complexity index is 1110. The molecule has 1 saturated carbocycles. The second kappa shape index (κ2) is 9.10. The van der Waals surface area contributed by atoms with E-state index in [0.29, 0.717) is 30.0 Å². The van der Waals surface area contributed by atoms with Gasteiger partial charge in [-0.3, -0.25) is 9.52 Å². The zero-order valence-electron chi connectivity index (χ0n) is 18.4. The zero-order chi connectivity index (χ0) is 22.9. The number of anilines is 1. The molecule has 0 saturated heterocycles. The molecule has 0 radical (unpaired) electrons. The summed E-state index contributed by atoms with van der Waals surface area (Å²) in [6.45, 7) is 3.88. The maximum absolute atomic E-state index is 13.9. The Kier molecular flexibility index (Phi) is 6.42. The van der Waals surface area contributed by atoms with Gasteiger partial charge in [-0.15, -0.1) is 0 Å². The normalized spacial score (nSPS) is 19.8. The molecule has 6 nitrogen and oxygen atoms in total. The van der Waals surface area contributed by atoms with Crippen molar-refractivity contribution in [2.45, 2.75) is 76.0 Å². The highest BCUT2D eigenvalue weighted by atomic mass is 32.2. The van der Waals surface area contributed by atoms with Crippen LogP contribution < -0.4 is 9.46 Å². The maximum atomic E-state index is 13.9. The Balaban J connectivity index is 1.63. The summed E-state index contributed by atoms with van der Waals surface area (Å²) in [6, 6.07) is 9.02. The maximum Gasteiger partial charge on any atom is 0.264 e. The van der Waals surface area contributed by atoms with Crippen molar-refractivity contribution in [3.05, 3.63) is 53.3 Å². The minimum absolute atomic E-state index is 0.00661. The number of aryl methyl sites for hydroxylation is 1. The third-order valence-corrected chi connectivity index (χ3v) is 7.70. The average Bonchev–Trinajstić information content (AvgIpc) is 2.92. The number of hydrogen-bond donors (Lipinski definition) is 1. The highest BCUT2D eigenvalue weighted by molar-refractivity contribution is 7.92. The highest BCUT2D eigenvalue weighted by Gasteiger charge is 2.34. The monoisotopic (exact) mass is 460 g/mol. The van der Waals surface area contributed by atoms with Gasteiger partial charge in [0.2, 0.25) is 0 Å². The number of benzene rings is 2. The van der Waals surface area contributed by atoms with Gasteiger partial charge in [0.05, 0.1) is 4.90 Å². The molecule has 1 aliphatic heterocycles. The SMILES string of the molecule is CCC1Oc2ccc(NS(=O)(=O)c3ccc(C)c(F)c3)cc2CN(C2CCCCC2)C1=O. The van der Waals surface area contributed by atoms with Gasteiger partial charge in [-0.1, -0.05) is 32.3 Å². The topological polar surface area (TPSA) is 75.7 Å². The molecule has 0 spiro atoms. The molecule has 1 amide bonds. The van der Waals surface area contributed by atoms with Gasteiger partial charge in [0.25, 0.3) is 15.9 Å². The largest absolute Gasteiger partial charge is 0.480 e. The summed E-state index contributed by atoms with van der Waals surface area (Å²) in [5.74, 6) is 0.0103. The van der Waals surface area contributed by atoms with Crippen LogP contribution >= 0.6 is 0 Å². The van der Waals surface area contributed by atoms with Crippen molar-refractivity contribution in [3.8, 4) is 5.75 Å². The molecule has 1 N–H and O–H groups in total. The van der Waals surface area contributed by atoms with Crippen LogP contribution in [0, 0.1) is 12.7 Å². The summed E-state index contributed by atoms with van der Waals surface area (Å²) < 4.78 is 48.0. The van der Waals surface area contributed by atoms with Gasteiger partial charge in [-0.2, -0.15) is 0 Å². The van der Waals surface area contributed by atoms with E-state index in [2.05, 4.69) is 4.72 Å². The summed E-state index contributed by atoms with van der Waals surface area (Å²) in [4.78, 5) is 14.9. The van der Waals surface area contributed by atoms with E-state index in [1.165, 1.54) is 18.6 Å². The van der Waals surface area contributed by atoms with Crippen molar-refractivity contribution < 1.29 is 22.3 Å². The number of nitrogens with one attached hydrogen (secondary N) is 1. The fourth-order valence-electron chi connectivity index (χ4n) is 4.45. The first-order valence-corrected chi connectivity index (χ1v) is 12.7. The molecular weight excluding hydrogens is 431 g/mol. The lowest BCUT2D eigenvalue weighted by molar-refractivity contribution is -0.141. The number of carbonyl (C=O) groups excluding carboxylic acids is 1. The van der Waals surface area contributed by atoms with Crippen LogP contribution in [0.4, 0.5) is 10.1 Å². The Morgan fingerprint density at radius 1 is 1.12 bits per heavy atom. The summed E-state index contributed by atoms with van der Waals surface area (Å²) in [5, 5.41) is 0. The van der Waals surface area contributed by atoms with Crippen LogP contribution in [0.25, 0.3) is 0 Å². The van der Waals surface area contributed by atoms with E-state index in [0.717, 1.165) is 37.3 Å². The summed E-state index contributed by atoms with van der Waals surface area (Å²) >= 11 is 0. The molecule has 1 unspecified atom stereocenters. The predicted molar refractivity (Wildman–Crippen MR) is 121 cm³/mol. The molecule has 2 aromatic rings. The molecule has 4 rings (SSSR count). The van der Waals surface area contributed by atoms with Crippen molar-refractivity contribution in [2.75, 3.05) is 4.72 Å². The Morgan fingerprint density at radius 2 is 1.88 bits per heavy atom. The summed E-state index contributed by atoms with van der Waals surface area (Å²) in [7, 11) is -3.96. The number of carbonyl (C=O) groups is 1. The van der Waals surface area contributed by atoms with Crippen LogP contribution in [-0.2, 0) is 21.4 Å². The number of halogens is 1. The minimum atomic E-state index is -3.96. The van der Waals surface area contributed by atoms with Crippen molar-refractivity contribution >= 4 is 21.6 Å². The lowest BCUT2D eigenvalue weighted by Crippen LogP contribution is -2.45. The predicted octanol–water partition coefficient (Wildman–Crippen LogP) is 4.77. The molecule has 172 valence electrons. The smallest absolute Gasteiger partial charge is 0.264 e. The number of fused-ring (bicyclic) bond motifs is 1. The van der Waals surface area contributed by atoms with E-state index in [1.807, 2.05) is 11.8 Å². The van der Waals surface area contributed by atoms with Gasteiger partial charge >= 0.3 is 0 Å². The fourth-order valence-corrected chi connectivity index (χ4v) is 5.51. The van der Waals surface area contributed by atoms with E-state index in [-0.39, 0.29) is 16.8 Å².